The molecular formula is C11H13IN4. The first kappa shape index (κ1) is 11.4. The first-order valence-electron chi connectivity index (χ1n) is 5.15. The number of nitrogens with zero attached hydrogens (tertiary/aromatic N) is 3. The molecule has 1 N–H and O–H groups in total. The third kappa shape index (κ3) is 2.72. The molecule has 0 aliphatic rings. The Morgan fingerprint density at radius 1 is 1.50 bits per heavy atom. The lowest BCUT2D eigenvalue weighted by Crippen LogP contribution is -2.07. The first-order valence-corrected chi connectivity index (χ1v) is 6.23. The fourth-order valence-corrected chi connectivity index (χ4v) is 1.94. The molecule has 0 amide bonds. The minimum absolute atomic E-state index is 0.749. The molecule has 84 valence electrons. The molecule has 4 nitrogen and oxygen atoms in total. The zero-order valence-corrected chi connectivity index (χ0v) is 11.2. The van der Waals surface area contributed by atoms with Gasteiger partial charge in [0.2, 0.25) is 0 Å². The minimum Gasteiger partial charge on any atom is -0.370 e. The summed E-state index contributed by atoms with van der Waals surface area (Å²) < 4.78 is 3.06. The molecule has 0 saturated carbocycles. The van der Waals surface area contributed by atoms with E-state index in [4.69, 9.17) is 0 Å². The molecule has 2 aromatic rings. The second kappa shape index (κ2) is 5.29. The molecular weight excluding hydrogens is 315 g/mol. The predicted molar refractivity (Wildman–Crippen MR) is 72.4 cm³/mol. The zero-order valence-electron chi connectivity index (χ0n) is 9.02. The monoisotopic (exact) mass is 328 g/mol. The van der Waals surface area contributed by atoms with Crippen molar-refractivity contribution in [3.8, 4) is 0 Å². The Hall–Kier alpha value is -1.11. The van der Waals surface area contributed by atoms with Gasteiger partial charge >= 0.3 is 0 Å². The molecule has 2 heterocycles. The Balaban J connectivity index is 2.20. The van der Waals surface area contributed by atoms with E-state index in [-0.39, 0.29) is 0 Å². The highest BCUT2D eigenvalue weighted by Crippen LogP contribution is 2.13. The number of aromatic nitrogens is 3. The van der Waals surface area contributed by atoms with Crippen LogP contribution in [0.3, 0.4) is 0 Å². The molecule has 0 saturated heterocycles. The lowest BCUT2D eigenvalue weighted by Gasteiger charge is -2.08. The minimum atomic E-state index is 0.749. The summed E-state index contributed by atoms with van der Waals surface area (Å²) in [6.07, 6.45) is 5.67. The van der Waals surface area contributed by atoms with Crippen LogP contribution in [0.5, 0.6) is 0 Å². The van der Waals surface area contributed by atoms with Crippen molar-refractivity contribution in [2.24, 2.45) is 0 Å². The summed E-state index contributed by atoms with van der Waals surface area (Å²) in [5.74, 6) is 0.940. The van der Waals surface area contributed by atoms with Gasteiger partial charge in [0.05, 0.1) is 16.3 Å². The number of pyridine rings is 1. The third-order valence-corrected chi connectivity index (χ3v) is 2.73. The van der Waals surface area contributed by atoms with Crippen LogP contribution in [0.2, 0.25) is 0 Å². The number of nitrogens with one attached hydrogen (secondary N) is 1. The van der Waals surface area contributed by atoms with Gasteiger partial charge in [-0.25, -0.2) is 4.98 Å². The lowest BCUT2D eigenvalue weighted by atomic mass is 10.2. The van der Waals surface area contributed by atoms with Crippen molar-refractivity contribution in [1.82, 2.24) is 14.8 Å². The Labute approximate surface area is 108 Å². The quantitative estimate of drug-likeness (QED) is 0.877. The highest BCUT2D eigenvalue weighted by atomic mass is 127. The van der Waals surface area contributed by atoms with Crippen molar-refractivity contribution in [1.29, 1.82) is 0 Å². The Morgan fingerprint density at radius 2 is 2.38 bits per heavy atom. The van der Waals surface area contributed by atoms with E-state index in [9.17, 15) is 0 Å². The number of halogens is 1. The molecule has 0 aliphatic heterocycles. The molecule has 0 atom stereocenters. The molecule has 5 heteroatoms. The fraction of sp³-hybridized carbons (Fsp3) is 0.273. The summed E-state index contributed by atoms with van der Waals surface area (Å²) >= 11 is 2.25. The molecule has 2 rings (SSSR count). The maximum absolute atomic E-state index is 4.32. The van der Waals surface area contributed by atoms with Crippen molar-refractivity contribution in [2.45, 2.75) is 13.5 Å². The van der Waals surface area contributed by atoms with E-state index in [0.717, 1.165) is 28.0 Å². The van der Waals surface area contributed by atoms with Crippen LogP contribution in [0.25, 0.3) is 0 Å². The van der Waals surface area contributed by atoms with Crippen molar-refractivity contribution in [3.63, 3.8) is 0 Å². The molecule has 16 heavy (non-hydrogen) atoms. The predicted octanol–water partition coefficient (Wildman–Crippen LogP) is 2.36. The average molecular weight is 328 g/mol. The van der Waals surface area contributed by atoms with Gasteiger partial charge in [-0.2, -0.15) is 5.10 Å². The van der Waals surface area contributed by atoms with Crippen LogP contribution < -0.4 is 5.32 Å². The van der Waals surface area contributed by atoms with Crippen molar-refractivity contribution in [3.05, 3.63) is 39.9 Å². The van der Waals surface area contributed by atoms with Gasteiger partial charge in [-0.3, -0.25) is 4.68 Å². The van der Waals surface area contributed by atoms with Gasteiger partial charge in [-0.15, -0.1) is 0 Å². The summed E-state index contributed by atoms with van der Waals surface area (Å²) in [7, 11) is 0. The molecule has 0 aliphatic carbocycles. The molecule has 2 aromatic heterocycles. The maximum atomic E-state index is 4.32. The maximum Gasteiger partial charge on any atom is 0.130 e. The molecule has 0 bridgehead atoms. The Bertz CT molecular complexity index is 467. The van der Waals surface area contributed by atoms with E-state index >= 15 is 0 Å². The number of hydrogen-bond donors (Lipinski definition) is 1. The van der Waals surface area contributed by atoms with E-state index in [1.165, 1.54) is 0 Å². The first-order chi connectivity index (χ1) is 7.79. The van der Waals surface area contributed by atoms with Crippen LogP contribution in [0.4, 0.5) is 5.82 Å². The van der Waals surface area contributed by atoms with Crippen LogP contribution in [0, 0.1) is 3.57 Å². The average Bonchev–Trinajstić information content (AvgIpc) is 2.67. The van der Waals surface area contributed by atoms with Crippen LogP contribution >= 0.6 is 22.6 Å². The highest BCUT2D eigenvalue weighted by Gasteiger charge is 2.03. The van der Waals surface area contributed by atoms with Crippen molar-refractivity contribution < 1.29 is 0 Å². The van der Waals surface area contributed by atoms with E-state index in [0.29, 0.717) is 0 Å². The molecule has 0 unspecified atom stereocenters. The highest BCUT2D eigenvalue weighted by molar-refractivity contribution is 14.1. The van der Waals surface area contributed by atoms with Gasteiger partial charge < -0.3 is 5.32 Å². The van der Waals surface area contributed by atoms with E-state index in [1.807, 2.05) is 23.1 Å². The second-order valence-corrected chi connectivity index (χ2v) is 4.64. The Kier molecular flexibility index (Phi) is 3.76. The Morgan fingerprint density at radius 3 is 3.06 bits per heavy atom. The fourth-order valence-electron chi connectivity index (χ4n) is 1.49. The molecule has 0 spiro atoms. The van der Waals surface area contributed by atoms with Gasteiger partial charge in [-0.05, 0) is 35.6 Å². The largest absolute Gasteiger partial charge is 0.370 e. The second-order valence-electron chi connectivity index (χ2n) is 3.40. The summed E-state index contributed by atoms with van der Waals surface area (Å²) in [5.41, 5.74) is 1.16. The standard InChI is InChI=1S/C11H13IN4/c1-2-13-11-9(4-3-5-14-11)7-16-8-10(12)6-15-16/h3-6,8H,2,7H2,1H3,(H,13,14). The number of anilines is 1. The number of hydrogen-bond acceptors (Lipinski definition) is 3. The van der Waals surface area contributed by atoms with Gasteiger partial charge in [0.25, 0.3) is 0 Å². The molecule has 0 aromatic carbocycles. The van der Waals surface area contributed by atoms with Crippen LogP contribution in [-0.2, 0) is 6.54 Å². The third-order valence-electron chi connectivity index (χ3n) is 2.17. The molecule has 0 fully saturated rings. The normalized spacial score (nSPS) is 10.4. The van der Waals surface area contributed by atoms with Gasteiger partial charge in [-0.1, -0.05) is 6.07 Å². The summed E-state index contributed by atoms with van der Waals surface area (Å²) in [6.45, 7) is 3.69. The van der Waals surface area contributed by atoms with Gasteiger partial charge in [0.1, 0.15) is 5.82 Å². The summed E-state index contributed by atoms with van der Waals surface area (Å²) in [4.78, 5) is 4.32. The van der Waals surface area contributed by atoms with Crippen LogP contribution in [0.1, 0.15) is 12.5 Å². The van der Waals surface area contributed by atoms with Gasteiger partial charge in [0.15, 0.2) is 0 Å². The van der Waals surface area contributed by atoms with E-state index in [2.05, 4.69) is 51.0 Å². The molecule has 0 radical (unpaired) electrons. The smallest absolute Gasteiger partial charge is 0.130 e. The van der Waals surface area contributed by atoms with Crippen molar-refractivity contribution in [2.75, 3.05) is 11.9 Å². The van der Waals surface area contributed by atoms with Gasteiger partial charge in [0, 0.05) is 24.5 Å². The lowest BCUT2D eigenvalue weighted by molar-refractivity contribution is 0.685. The topological polar surface area (TPSA) is 42.7 Å². The number of rotatable bonds is 4. The van der Waals surface area contributed by atoms with E-state index in [1.54, 1.807) is 6.20 Å². The van der Waals surface area contributed by atoms with Crippen molar-refractivity contribution >= 4 is 28.4 Å². The SMILES string of the molecule is CCNc1ncccc1Cn1cc(I)cn1. The summed E-state index contributed by atoms with van der Waals surface area (Å²) in [6, 6.07) is 4.02. The van der Waals surface area contributed by atoms with Crippen LogP contribution in [-0.4, -0.2) is 21.3 Å². The van der Waals surface area contributed by atoms with E-state index < -0.39 is 0 Å². The zero-order chi connectivity index (χ0) is 11.4. The van der Waals surface area contributed by atoms with Crippen LogP contribution in [0.15, 0.2) is 30.7 Å². The summed E-state index contributed by atoms with van der Waals surface area (Å²) in [5, 5.41) is 7.51.